The molecule has 1 aliphatic heterocycles. The molecule has 1 N–H and O–H groups in total. The number of likely N-dealkylation sites (N-methyl/N-ethyl adjacent to an activating group) is 1. The lowest BCUT2D eigenvalue weighted by Crippen LogP contribution is -2.29. The SMILES string of the molecule is CCCC(CC)C(=O)N(C)C.CN1CCC(Nc2nc2=O)=C(S)C1. The zero-order chi connectivity index (χ0) is 18.3. The Balaban J connectivity index is 0.000000245. The summed E-state index contributed by atoms with van der Waals surface area (Å²) in [5.41, 5.74) is 0.901. The zero-order valence-electron chi connectivity index (χ0n) is 15.4. The normalized spacial score (nSPS) is 16.6. The van der Waals surface area contributed by atoms with E-state index in [1.165, 1.54) is 0 Å². The highest BCUT2D eigenvalue weighted by Gasteiger charge is 2.18. The fourth-order valence-corrected chi connectivity index (χ4v) is 2.93. The number of carbonyl (C=O) groups excluding carboxylic acids is 1. The van der Waals surface area contributed by atoms with Gasteiger partial charge in [-0.3, -0.25) is 9.59 Å². The fourth-order valence-electron chi connectivity index (χ4n) is 2.53. The van der Waals surface area contributed by atoms with Crippen molar-refractivity contribution in [2.45, 2.75) is 39.5 Å². The first-order chi connectivity index (χ1) is 11.3. The monoisotopic (exact) mass is 354 g/mol. The van der Waals surface area contributed by atoms with E-state index < -0.39 is 0 Å². The molecule has 136 valence electrons. The van der Waals surface area contributed by atoms with Gasteiger partial charge in [0.2, 0.25) is 11.7 Å². The summed E-state index contributed by atoms with van der Waals surface area (Å²) in [5, 5.41) is 2.99. The topological polar surface area (TPSA) is 65.5 Å². The van der Waals surface area contributed by atoms with Gasteiger partial charge in [0, 0.05) is 50.1 Å². The van der Waals surface area contributed by atoms with Gasteiger partial charge < -0.3 is 15.1 Å². The van der Waals surface area contributed by atoms with Crippen LogP contribution in [0.1, 0.15) is 39.5 Å². The van der Waals surface area contributed by atoms with E-state index >= 15 is 0 Å². The molecule has 0 radical (unpaired) electrons. The van der Waals surface area contributed by atoms with Crippen molar-refractivity contribution in [1.82, 2.24) is 14.8 Å². The first-order valence-electron chi connectivity index (χ1n) is 8.50. The van der Waals surface area contributed by atoms with Crippen molar-refractivity contribution in [3.05, 3.63) is 21.0 Å². The number of aromatic nitrogens is 1. The summed E-state index contributed by atoms with van der Waals surface area (Å²) in [6.07, 6.45) is 3.98. The number of hydrogen-bond acceptors (Lipinski definition) is 6. The van der Waals surface area contributed by atoms with Crippen LogP contribution in [-0.4, -0.2) is 54.9 Å². The molecular weight excluding hydrogens is 324 g/mol. The third kappa shape index (κ3) is 6.65. The Labute approximate surface area is 150 Å². The smallest absolute Gasteiger partial charge is 0.315 e. The van der Waals surface area contributed by atoms with Gasteiger partial charge in [-0.2, -0.15) is 4.98 Å². The number of anilines is 1. The Morgan fingerprint density at radius 3 is 2.46 bits per heavy atom. The van der Waals surface area contributed by atoms with Crippen molar-refractivity contribution in [3.63, 3.8) is 0 Å². The molecule has 0 spiro atoms. The largest absolute Gasteiger partial charge is 0.349 e. The van der Waals surface area contributed by atoms with E-state index in [9.17, 15) is 9.59 Å². The number of thiol groups is 1. The predicted molar refractivity (Wildman–Crippen MR) is 102 cm³/mol. The molecule has 0 fully saturated rings. The zero-order valence-corrected chi connectivity index (χ0v) is 16.3. The Morgan fingerprint density at radius 2 is 2.04 bits per heavy atom. The molecule has 1 aromatic heterocycles. The second-order valence-electron chi connectivity index (χ2n) is 6.43. The summed E-state index contributed by atoms with van der Waals surface area (Å²) in [4.78, 5) is 30.5. The maximum Gasteiger partial charge on any atom is 0.315 e. The first-order valence-corrected chi connectivity index (χ1v) is 8.95. The molecule has 0 bridgehead atoms. The van der Waals surface area contributed by atoms with E-state index in [0.29, 0.717) is 5.82 Å². The molecule has 1 atom stereocenters. The van der Waals surface area contributed by atoms with E-state index in [2.05, 4.69) is 41.7 Å². The molecule has 1 aliphatic rings. The van der Waals surface area contributed by atoms with Crippen LogP contribution in [0.5, 0.6) is 0 Å². The van der Waals surface area contributed by atoms with Crippen molar-refractivity contribution >= 4 is 24.4 Å². The molecule has 24 heavy (non-hydrogen) atoms. The Morgan fingerprint density at radius 1 is 1.42 bits per heavy atom. The minimum atomic E-state index is -0.132. The third-order valence-corrected chi connectivity index (χ3v) is 4.48. The van der Waals surface area contributed by atoms with Crippen LogP contribution in [0.15, 0.2) is 15.4 Å². The van der Waals surface area contributed by atoms with Crippen molar-refractivity contribution in [2.24, 2.45) is 5.92 Å². The number of amides is 1. The van der Waals surface area contributed by atoms with Crippen LogP contribution in [0.25, 0.3) is 0 Å². The van der Waals surface area contributed by atoms with Crippen molar-refractivity contribution in [3.8, 4) is 0 Å². The van der Waals surface area contributed by atoms with E-state index in [4.69, 9.17) is 0 Å². The van der Waals surface area contributed by atoms with Crippen LogP contribution in [0.3, 0.4) is 0 Å². The second kappa shape index (κ2) is 9.84. The number of rotatable bonds is 6. The average molecular weight is 355 g/mol. The van der Waals surface area contributed by atoms with Gasteiger partial charge in [-0.15, -0.1) is 12.6 Å². The standard InChI is InChI=1S/C9H19NO.C8H11N3OS/c1-5-7-8(6-2)9(11)10(3)4;1-11-3-2-5(6(13)4-11)9-7-8(12)10-7/h8H,5-7H2,1-4H3;13H,2-4H2,1H3,(H,9,10,12). The lowest BCUT2D eigenvalue weighted by atomic mass is 10.00. The minimum Gasteiger partial charge on any atom is -0.349 e. The maximum atomic E-state index is 11.4. The highest BCUT2D eigenvalue weighted by atomic mass is 32.1. The summed E-state index contributed by atoms with van der Waals surface area (Å²) in [6.45, 7) is 6.02. The lowest BCUT2D eigenvalue weighted by molar-refractivity contribution is -0.133. The summed E-state index contributed by atoms with van der Waals surface area (Å²) < 4.78 is 0. The predicted octanol–water partition coefficient (Wildman–Crippen LogP) is 2.11. The average Bonchev–Trinajstić information content (AvgIpc) is 3.22. The molecular formula is C17H30N4O2S. The molecule has 0 aliphatic carbocycles. The van der Waals surface area contributed by atoms with Gasteiger partial charge in [0.1, 0.15) is 0 Å². The van der Waals surface area contributed by atoms with Crippen LogP contribution in [0.2, 0.25) is 0 Å². The number of nitrogens with zero attached hydrogens (tertiary/aromatic N) is 3. The van der Waals surface area contributed by atoms with Crippen LogP contribution in [0, 0.1) is 5.92 Å². The Hall–Kier alpha value is -1.34. The van der Waals surface area contributed by atoms with Gasteiger partial charge in [0.25, 0.3) is 0 Å². The molecule has 0 aromatic carbocycles. The summed E-state index contributed by atoms with van der Waals surface area (Å²) >= 11 is 4.36. The Kier molecular flexibility index (Phi) is 8.48. The van der Waals surface area contributed by atoms with E-state index in [1.54, 1.807) is 4.90 Å². The summed E-state index contributed by atoms with van der Waals surface area (Å²) in [7, 11) is 5.69. The van der Waals surface area contributed by atoms with Gasteiger partial charge in [0.15, 0.2) is 0 Å². The minimum absolute atomic E-state index is 0.132. The van der Waals surface area contributed by atoms with Gasteiger partial charge in [-0.1, -0.05) is 20.3 Å². The molecule has 0 saturated carbocycles. The third-order valence-electron chi connectivity index (χ3n) is 4.07. The van der Waals surface area contributed by atoms with Crippen LogP contribution < -0.4 is 10.9 Å². The summed E-state index contributed by atoms with van der Waals surface area (Å²) in [6, 6.07) is 0. The molecule has 1 amide bonds. The van der Waals surface area contributed by atoms with Gasteiger partial charge in [-0.05, 0) is 19.9 Å². The van der Waals surface area contributed by atoms with E-state index in [1.807, 2.05) is 21.1 Å². The van der Waals surface area contributed by atoms with E-state index in [0.717, 1.165) is 49.4 Å². The molecule has 0 saturated heterocycles. The quantitative estimate of drug-likeness (QED) is 0.766. The second-order valence-corrected chi connectivity index (χ2v) is 6.97. The number of nitrogens with one attached hydrogen (secondary N) is 1. The Bertz CT molecular complexity index is 576. The van der Waals surface area contributed by atoms with Crippen molar-refractivity contribution in [1.29, 1.82) is 0 Å². The summed E-state index contributed by atoms with van der Waals surface area (Å²) in [5.74, 6) is 0.996. The number of carbonyl (C=O) groups is 1. The van der Waals surface area contributed by atoms with Gasteiger partial charge >= 0.3 is 5.56 Å². The fraction of sp³-hybridized carbons (Fsp3) is 0.706. The van der Waals surface area contributed by atoms with Crippen LogP contribution in [-0.2, 0) is 4.79 Å². The van der Waals surface area contributed by atoms with E-state index in [-0.39, 0.29) is 17.4 Å². The highest BCUT2D eigenvalue weighted by molar-refractivity contribution is 7.84. The molecule has 1 aromatic rings. The molecule has 2 heterocycles. The van der Waals surface area contributed by atoms with Crippen LogP contribution >= 0.6 is 12.6 Å². The molecule has 6 nitrogen and oxygen atoms in total. The van der Waals surface area contributed by atoms with Crippen molar-refractivity contribution in [2.75, 3.05) is 39.5 Å². The maximum absolute atomic E-state index is 11.4. The van der Waals surface area contributed by atoms with Gasteiger partial charge in [0.05, 0.1) is 0 Å². The van der Waals surface area contributed by atoms with Gasteiger partial charge in [-0.25, -0.2) is 0 Å². The van der Waals surface area contributed by atoms with Crippen molar-refractivity contribution < 1.29 is 4.79 Å². The highest BCUT2D eigenvalue weighted by Crippen LogP contribution is 2.20. The van der Waals surface area contributed by atoms with Crippen LogP contribution in [0.4, 0.5) is 5.82 Å². The number of hydrogen-bond donors (Lipinski definition) is 2. The first kappa shape index (κ1) is 20.7. The molecule has 7 heteroatoms. The lowest BCUT2D eigenvalue weighted by Gasteiger charge is -2.24. The molecule has 2 rings (SSSR count). The molecule has 1 unspecified atom stereocenters.